The summed E-state index contributed by atoms with van der Waals surface area (Å²) < 4.78 is 41.1. The molecule has 0 amide bonds. The van der Waals surface area contributed by atoms with Crippen LogP contribution in [0, 0.1) is 17.1 Å². The minimum absolute atomic E-state index is 0.138. The van der Waals surface area contributed by atoms with Gasteiger partial charge < -0.3 is 0 Å². The maximum Gasteiger partial charge on any atom is 0.240 e. The first-order chi connectivity index (χ1) is 10.0. The number of benzene rings is 1. The van der Waals surface area contributed by atoms with E-state index < -0.39 is 15.8 Å². The van der Waals surface area contributed by atoms with Crippen molar-refractivity contribution in [2.24, 2.45) is 0 Å². The van der Waals surface area contributed by atoms with Crippen molar-refractivity contribution >= 4 is 10.0 Å². The summed E-state index contributed by atoms with van der Waals surface area (Å²) in [6.45, 7) is 0.719. The molecule has 7 nitrogen and oxygen atoms in total. The first-order valence-electron chi connectivity index (χ1n) is 6.06. The standard InChI is InChI=1S/C12H12FN5O2S/c13-12-3-2-11(8-10(12)9-14)21(19,20)16-4-1-6-18-7-5-15-17-18/h2-3,5,7-8,16H,1,4,6H2. The molecule has 9 heteroatoms. The lowest BCUT2D eigenvalue weighted by molar-refractivity contribution is 0.542. The summed E-state index contributed by atoms with van der Waals surface area (Å²) in [6, 6.07) is 4.70. The molecule has 21 heavy (non-hydrogen) atoms. The Hall–Kier alpha value is -2.31. The Labute approximate surface area is 121 Å². The van der Waals surface area contributed by atoms with E-state index in [1.54, 1.807) is 16.9 Å². The van der Waals surface area contributed by atoms with Gasteiger partial charge in [0, 0.05) is 19.3 Å². The van der Waals surface area contributed by atoms with E-state index in [2.05, 4.69) is 15.0 Å². The van der Waals surface area contributed by atoms with Crippen molar-refractivity contribution in [3.05, 3.63) is 42.0 Å². The summed E-state index contributed by atoms with van der Waals surface area (Å²) in [5, 5.41) is 16.1. The Morgan fingerprint density at radius 3 is 2.90 bits per heavy atom. The second-order valence-electron chi connectivity index (χ2n) is 4.17. The van der Waals surface area contributed by atoms with E-state index in [9.17, 15) is 12.8 Å². The molecular weight excluding hydrogens is 297 g/mol. The minimum atomic E-state index is -3.76. The van der Waals surface area contributed by atoms with Gasteiger partial charge in [0.1, 0.15) is 11.9 Å². The predicted molar refractivity (Wildman–Crippen MR) is 70.9 cm³/mol. The molecule has 0 fully saturated rings. The molecule has 0 aliphatic heterocycles. The third kappa shape index (κ3) is 3.84. The van der Waals surface area contributed by atoms with Gasteiger partial charge >= 0.3 is 0 Å². The Balaban J connectivity index is 1.97. The summed E-state index contributed by atoms with van der Waals surface area (Å²) in [5.74, 6) is -0.748. The lowest BCUT2D eigenvalue weighted by Gasteiger charge is -2.07. The highest BCUT2D eigenvalue weighted by Gasteiger charge is 2.15. The Bertz CT molecular complexity index is 752. The van der Waals surface area contributed by atoms with Gasteiger partial charge in [0.05, 0.1) is 16.7 Å². The van der Waals surface area contributed by atoms with Crippen LogP contribution in [-0.2, 0) is 16.6 Å². The molecule has 0 saturated carbocycles. The fourth-order valence-electron chi connectivity index (χ4n) is 1.64. The molecule has 0 atom stereocenters. The molecular formula is C12H12FN5O2S. The van der Waals surface area contributed by atoms with E-state index in [1.165, 1.54) is 6.20 Å². The van der Waals surface area contributed by atoms with Crippen molar-refractivity contribution in [3.8, 4) is 6.07 Å². The first kappa shape index (κ1) is 15.1. The highest BCUT2D eigenvalue weighted by Crippen LogP contribution is 2.14. The molecule has 0 aliphatic rings. The smallest absolute Gasteiger partial charge is 0.240 e. The lowest BCUT2D eigenvalue weighted by atomic mass is 10.2. The van der Waals surface area contributed by atoms with Crippen molar-refractivity contribution in [3.63, 3.8) is 0 Å². The zero-order chi connectivity index (χ0) is 15.3. The molecule has 2 aromatic rings. The molecule has 0 unspecified atom stereocenters. The van der Waals surface area contributed by atoms with Gasteiger partial charge in [-0.3, -0.25) is 4.68 Å². The number of nitriles is 1. The van der Waals surface area contributed by atoms with Gasteiger partial charge in [0.2, 0.25) is 10.0 Å². The number of nitrogens with one attached hydrogen (secondary N) is 1. The van der Waals surface area contributed by atoms with E-state index in [1.807, 2.05) is 0 Å². The largest absolute Gasteiger partial charge is 0.253 e. The molecule has 110 valence electrons. The molecule has 1 aromatic carbocycles. The molecule has 1 aromatic heterocycles. The summed E-state index contributed by atoms with van der Waals surface area (Å²) in [7, 11) is -3.76. The highest BCUT2D eigenvalue weighted by molar-refractivity contribution is 7.89. The number of aryl methyl sites for hydroxylation is 1. The number of hydrogen-bond acceptors (Lipinski definition) is 5. The zero-order valence-corrected chi connectivity index (χ0v) is 11.7. The van der Waals surface area contributed by atoms with Crippen LogP contribution in [0.1, 0.15) is 12.0 Å². The van der Waals surface area contributed by atoms with Crippen molar-refractivity contribution in [2.75, 3.05) is 6.54 Å². The highest BCUT2D eigenvalue weighted by atomic mass is 32.2. The van der Waals surface area contributed by atoms with E-state index in [-0.39, 0.29) is 17.0 Å². The maximum absolute atomic E-state index is 13.2. The van der Waals surface area contributed by atoms with Crippen molar-refractivity contribution < 1.29 is 12.8 Å². The van der Waals surface area contributed by atoms with Gasteiger partial charge in [-0.25, -0.2) is 17.5 Å². The molecule has 1 heterocycles. The third-order valence-electron chi connectivity index (χ3n) is 2.70. The van der Waals surface area contributed by atoms with Gasteiger partial charge in [-0.15, -0.1) is 5.10 Å². The number of nitrogens with zero attached hydrogens (tertiary/aromatic N) is 4. The Morgan fingerprint density at radius 2 is 2.24 bits per heavy atom. The monoisotopic (exact) mass is 309 g/mol. The SMILES string of the molecule is N#Cc1cc(S(=O)(=O)NCCCn2ccnn2)ccc1F. The van der Waals surface area contributed by atoms with E-state index >= 15 is 0 Å². The second-order valence-corrected chi connectivity index (χ2v) is 5.94. The van der Waals surface area contributed by atoms with Crippen LogP contribution in [0.5, 0.6) is 0 Å². The normalized spacial score (nSPS) is 11.2. The van der Waals surface area contributed by atoms with Gasteiger partial charge in [0.25, 0.3) is 0 Å². The first-order valence-corrected chi connectivity index (χ1v) is 7.54. The molecule has 0 saturated heterocycles. The van der Waals surface area contributed by atoms with Crippen molar-refractivity contribution in [1.82, 2.24) is 19.7 Å². The fourth-order valence-corrected chi connectivity index (χ4v) is 2.74. The number of sulfonamides is 1. The van der Waals surface area contributed by atoms with Crippen LogP contribution < -0.4 is 4.72 Å². The number of halogens is 1. The van der Waals surface area contributed by atoms with Gasteiger partial charge in [0.15, 0.2) is 0 Å². The minimum Gasteiger partial charge on any atom is -0.253 e. The maximum atomic E-state index is 13.2. The number of rotatable bonds is 6. The summed E-state index contributed by atoms with van der Waals surface area (Å²) in [6.07, 6.45) is 3.73. The molecule has 0 aliphatic carbocycles. The lowest BCUT2D eigenvalue weighted by Crippen LogP contribution is -2.25. The summed E-state index contributed by atoms with van der Waals surface area (Å²) >= 11 is 0. The average molecular weight is 309 g/mol. The number of hydrogen-bond donors (Lipinski definition) is 1. The summed E-state index contributed by atoms with van der Waals surface area (Å²) in [4.78, 5) is -0.138. The molecule has 0 spiro atoms. The summed E-state index contributed by atoms with van der Waals surface area (Å²) in [5.41, 5.74) is -0.305. The molecule has 1 N–H and O–H groups in total. The van der Waals surface area contributed by atoms with E-state index in [0.717, 1.165) is 18.2 Å². The van der Waals surface area contributed by atoms with Crippen LogP contribution in [0.2, 0.25) is 0 Å². The Morgan fingerprint density at radius 1 is 1.43 bits per heavy atom. The fraction of sp³-hybridized carbons (Fsp3) is 0.250. The molecule has 0 bridgehead atoms. The van der Waals surface area contributed by atoms with Crippen LogP contribution in [0.4, 0.5) is 4.39 Å². The van der Waals surface area contributed by atoms with Gasteiger partial charge in [-0.05, 0) is 24.6 Å². The van der Waals surface area contributed by atoms with Crippen molar-refractivity contribution in [2.45, 2.75) is 17.9 Å². The van der Waals surface area contributed by atoms with Crippen LogP contribution >= 0.6 is 0 Å². The quantitative estimate of drug-likeness (QED) is 0.790. The van der Waals surface area contributed by atoms with Crippen LogP contribution in [0.3, 0.4) is 0 Å². The van der Waals surface area contributed by atoms with E-state index in [0.29, 0.717) is 13.0 Å². The van der Waals surface area contributed by atoms with Crippen LogP contribution in [-0.4, -0.2) is 30.0 Å². The van der Waals surface area contributed by atoms with Crippen LogP contribution in [0.15, 0.2) is 35.5 Å². The van der Waals surface area contributed by atoms with Crippen LogP contribution in [0.25, 0.3) is 0 Å². The second kappa shape index (κ2) is 6.43. The van der Waals surface area contributed by atoms with Gasteiger partial charge in [-0.1, -0.05) is 5.21 Å². The van der Waals surface area contributed by atoms with Gasteiger partial charge in [-0.2, -0.15) is 5.26 Å². The zero-order valence-electron chi connectivity index (χ0n) is 10.9. The topological polar surface area (TPSA) is 101 Å². The third-order valence-corrected chi connectivity index (χ3v) is 4.16. The molecule has 2 rings (SSSR count). The number of aromatic nitrogens is 3. The van der Waals surface area contributed by atoms with E-state index in [4.69, 9.17) is 5.26 Å². The predicted octanol–water partition coefficient (Wildman–Crippen LogP) is 0.657. The van der Waals surface area contributed by atoms with Crippen molar-refractivity contribution in [1.29, 1.82) is 5.26 Å². The molecule has 0 radical (unpaired) electrons. The average Bonchev–Trinajstić information content (AvgIpc) is 2.97. The Kier molecular flexibility index (Phi) is 4.62.